The van der Waals surface area contributed by atoms with Crippen molar-refractivity contribution in [2.75, 3.05) is 25.1 Å². The topological polar surface area (TPSA) is 41.6 Å². The van der Waals surface area contributed by atoms with Gasteiger partial charge >= 0.3 is 0 Å². The summed E-state index contributed by atoms with van der Waals surface area (Å²) in [6.07, 6.45) is 1.64. The van der Waals surface area contributed by atoms with Gasteiger partial charge in [-0.25, -0.2) is 8.78 Å². The molecule has 0 aromatic heterocycles. The molecule has 26 heavy (non-hydrogen) atoms. The number of carbonyl (C=O) groups excluding carboxylic acids is 1. The zero-order valence-corrected chi connectivity index (χ0v) is 14.9. The minimum absolute atomic E-state index is 0.0975. The van der Waals surface area contributed by atoms with Crippen LogP contribution >= 0.6 is 0 Å². The molecule has 1 atom stereocenters. The number of nitrogens with zero attached hydrogens (tertiary/aromatic N) is 1. The molecule has 0 bridgehead atoms. The van der Waals surface area contributed by atoms with E-state index in [1.807, 2.05) is 17.9 Å². The van der Waals surface area contributed by atoms with E-state index in [0.717, 1.165) is 31.0 Å². The largest absolute Gasteiger partial charge is 0.494 e. The van der Waals surface area contributed by atoms with Crippen LogP contribution in [-0.4, -0.2) is 32.1 Å². The van der Waals surface area contributed by atoms with Crippen LogP contribution in [0.5, 0.6) is 5.75 Å². The Bertz CT molecular complexity index is 810. The Balaban J connectivity index is 1.69. The first-order valence-corrected chi connectivity index (χ1v) is 8.63. The predicted molar refractivity (Wildman–Crippen MR) is 96.8 cm³/mol. The summed E-state index contributed by atoms with van der Waals surface area (Å²) in [6.45, 7) is 3.18. The number of rotatable bonds is 4. The molecule has 0 spiro atoms. The fourth-order valence-electron chi connectivity index (χ4n) is 3.26. The van der Waals surface area contributed by atoms with Crippen molar-refractivity contribution < 1.29 is 18.3 Å². The van der Waals surface area contributed by atoms with Crippen molar-refractivity contribution >= 4 is 11.6 Å². The number of anilines is 1. The maximum atomic E-state index is 14.1. The van der Waals surface area contributed by atoms with Crippen molar-refractivity contribution in [3.05, 3.63) is 59.2 Å². The molecule has 1 fully saturated rings. The number of nitrogens with one attached hydrogen (secondary N) is 1. The first-order valence-electron chi connectivity index (χ1n) is 8.63. The SMILES string of the molecule is COc1ccc(C(=O)NC2CCCN(c3cc(C)ccc3F)C2)cc1F. The molecule has 1 amide bonds. The lowest BCUT2D eigenvalue weighted by Crippen LogP contribution is -2.48. The van der Waals surface area contributed by atoms with Crippen molar-refractivity contribution in [1.82, 2.24) is 5.32 Å². The maximum Gasteiger partial charge on any atom is 0.251 e. The van der Waals surface area contributed by atoms with E-state index in [0.29, 0.717) is 12.2 Å². The van der Waals surface area contributed by atoms with E-state index in [4.69, 9.17) is 4.74 Å². The fraction of sp³-hybridized carbons (Fsp3) is 0.350. The molecule has 0 aliphatic carbocycles. The molecular weight excluding hydrogens is 338 g/mol. The Labute approximate surface area is 151 Å². The molecule has 1 saturated heterocycles. The second-order valence-corrected chi connectivity index (χ2v) is 6.56. The summed E-state index contributed by atoms with van der Waals surface area (Å²) < 4.78 is 32.8. The Kier molecular flexibility index (Phi) is 5.40. The van der Waals surface area contributed by atoms with Crippen LogP contribution in [-0.2, 0) is 0 Å². The molecule has 1 unspecified atom stereocenters. The number of ether oxygens (including phenoxy) is 1. The van der Waals surface area contributed by atoms with Gasteiger partial charge in [-0.1, -0.05) is 6.07 Å². The highest BCUT2D eigenvalue weighted by Gasteiger charge is 2.24. The zero-order chi connectivity index (χ0) is 18.7. The molecule has 2 aromatic rings. The van der Waals surface area contributed by atoms with Gasteiger partial charge in [0.25, 0.3) is 5.91 Å². The lowest BCUT2D eigenvalue weighted by atomic mass is 10.0. The quantitative estimate of drug-likeness (QED) is 0.904. The molecule has 2 aromatic carbocycles. The smallest absolute Gasteiger partial charge is 0.251 e. The van der Waals surface area contributed by atoms with Crippen LogP contribution in [0.3, 0.4) is 0 Å². The van der Waals surface area contributed by atoms with Gasteiger partial charge in [-0.15, -0.1) is 0 Å². The number of hydrogen-bond donors (Lipinski definition) is 1. The van der Waals surface area contributed by atoms with Crippen LogP contribution in [0, 0.1) is 18.6 Å². The summed E-state index contributed by atoms with van der Waals surface area (Å²) in [4.78, 5) is 14.4. The van der Waals surface area contributed by atoms with Crippen LogP contribution in [0.25, 0.3) is 0 Å². The van der Waals surface area contributed by atoms with Crippen LogP contribution < -0.4 is 15.0 Å². The molecule has 1 heterocycles. The molecule has 3 rings (SSSR count). The molecule has 1 aliphatic heterocycles. The standard InChI is InChI=1S/C20H22F2N2O2/c1-13-5-7-16(21)18(10-13)24-9-3-4-15(12-24)23-20(25)14-6-8-19(26-2)17(22)11-14/h5-8,10-11,15H,3-4,9,12H2,1-2H3,(H,23,25). The summed E-state index contributed by atoms with van der Waals surface area (Å²) in [6, 6.07) is 9.01. The van der Waals surface area contributed by atoms with Crippen LogP contribution in [0.4, 0.5) is 14.5 Å². The van der Waals surface area contributed by atoms with Crippen molar-refractivity contribution in [3.8, 4) is 5.75 Å². The summed E-state index contributed by atoms with van der Waals surface area (Å²) in [5.74, 6) is -1.09. The van der Waals surface area contributed by atoms with E-state index >= 15 is 0 Å². The van der Waals surface area contributed by atoms with E-state index in [2.05, 4.69) is 5.32 Å². The molecule has 0 radical (unpaired) electrons. The predicted octanol–water partition coefficient (Wildman–Crippen LogP) is 3.68. The number of aryl methyl sites for hydroxylation is 1. The lowest BCUT2D eigenvalue weighted by Gasteiger charge is -2.35. The monoisotopic (exact) mass is 360 g/mol. The van der Waals surface area contributed by atoms with E-state index in [1.54, 1.807) is 6.07 Å². The van der Waals surface area contributed by atoms with Gasteiger partial charge in [0.1, 0.15) is 5.82 Å². The van der Waals surface area contributed by atoms with Gasteiger partial charge in [-0.05, 0) is 55.7 Å². The third-order valence-corrected chi connectivity index (χ3v) is 4.61. The minimum atomic E-state index is -0.577. The van der Waals surface area contributed by atoms with Crippen molar-refractivity contribution in [2.24, 2.45) is 0 Å². The third kappa shape index (κ3) is 3.95. The Morgan fingerprint density at radius 3 is 2.73 bits per heavy atom. The van der Waals surface area contributed by atoms with Crippen LogP contribution in [0.2, 0.25) is 0 Å². The van der Waals surface area contributed by atoms with E-state index in [-0.39, 0.29) is 29.1 Å². The average molecular weight is 360 g/mol. The van der Waals surface area contributed by atoms with Gasteiger partial charge in [-0.2, -0.15) is 0 Å². The van der Waals surface area contributed by atoms with Gasteiger partial charge < -0.3 is 15.0 Å². The third-order valence-electron chi connectivity index (χ3n) is 4.61. The normalized spacial score (nSPS) is 17.1. The van der Waals surface area contributed by atoms with Gasteiger partial charge in [0.2, 0.25) is 0 Å². The number of benzene rings is 2. The Morgan fingerprint density at radius 1 is 1.19 bits per heavy atom. The number of piperidine rings is 1. The number of amides is 1. The van der Waals surface area contributed by atoms with Crippen LogP contribution in [0.15, 0.2) is 36.4 Å². The first-order chi connectivity index (χ1) is 12.5. The molecule has 1 aliphatic rings. The highest BCUT2D eigenvalue weighted by Crippen LogP contribution is 2.25. The first kappa shape index (κ1) is 18.2. The highest BCUT2D eigenvalue weighted by molar-refractivity contribution is 5.94. The van der Waals surface area contributed by atoms with Gasteiger partial charge in [0.05, 0.1) is 12.8 Å². The Hall–Kier alpha value is -2.63. The molecule has 1 N–H and O–H groups in total. The molecule has 4 nitrogen and oxygen atoms in total. The zero-order valence-electron chi connectivity index (χ0n) is 14.9. The summed E-state index contributed by atoms with van der Waals surface area (Å²) in [5, 5.41) is 2.92. The second kappa shape index (κ2) is 7.72. The van der Waals surface area contributed by atoms with Gasteiger partial charge in [0, 0.05) is 24.7 Å². The van der Waals surface area contributed by atoms with Crippen molar-refractivity contribution in [3.63, 3.8) is 0 Å². The van der Waals surface area contributed by atoms with Crippen LogP contribution in [0.1, 0.15) is 28.8 Å². The summed E-state index contributed by atoms with van der Waals surface area (Å²) in [5.41, 5.74) is 1.78. The second-order valence-electron chi connectivity index (χ2n) is 6.56. The average Bonchev–Trinajstić information content (AvgIpc) is 2.63. The van der Waals surface area contributed by atoms with E-state index in [9.17, 15) is 13.6 Å². The minimum Gasteiger partial charge on any atom is -0.494 e. The van der Waals surface area contributed by atoms with Crippen molar-refractivity contribution in [2.45, 2.75) is 25.8 Å². The van der Waals surface area contributed by atoms with Gasteiger partial charge in [-0.3, -0.25) is 4.79 Å². The fourth-order valence-corrected chi connectivity index (χ4v) is 3.26. The number of halogens is 2. The molecular formula is C20H22F2N2O2. The lowest BCUT2D eigenvalue weighted by molar-refractivity contribution is 0.0932. The number of hydrogen-bond acceptors (Lipinski definition) is 3. The number of methoxy groups -OCH3 is 1. The maximum absolute atomic E-state index is 14.1. The molecule has 6 heteroatoms. The van der Waals surface area contributed by atoms with Gasteiger partial charge in [0.15, 0.2) is 11.6 Å². The molecule has 0 saturated carbocycles. The summed E-state index contributed by atoms with van der Waals surface area (Å²) >= 11 is 0. The summed E-state index contributed by atoms with van der Waals surface area (Å²) in [7, 11) is 1.37. The highest BCUT2D eigenvalue weighted by atomic mass is 19.1. The van der Waals surface area contributed by atoms with Crippen molar-refractivity contribution in [1.29, 1.82) is 0 Å². The molecule has 138 valence electrons. The number of carbonyl (C=O) groups is 1. The van der Waals surface area contributed by atoms with E-state index < -0.39 is 5.82 Å². The van der Waals surface area contributed by atoms with E-state index in [1.165, 1.54) is 25.3 Å². The Morgan fingerprint density at radius 2 is 2.00 bits per heavy atom.